The number of nitrogens with zero attached hydrogens (tertiary/aromatic N) is 2. The van der Waals surface area contributed by atoms with Gasteiger partial charge >= 0.3 is 0 Å². The second-order valence-corrected chi connectivity index (χ2v) is 6.81. The van der Waals surface area contributed by atoms with E-state index < -0.39 is 0 Å². The summed E-state index contributed by atoms with van der Waals surface area (Å²) in [7, 11) is 1.60. The van der Waals surface area contributed by atoms with Gasteiger partial charge in [0, 0.05) is 38.3 Å². The van der Waals surface area contributed by atoms with Crippen molar-refractivity contribution in [3.63, 3.8) is 0 Å². The van der Waals surface area contributed by atoms with Crippen LogP contribution in [0.2, 0.25) is 0 Å². The second kappa shape index (κ2) is 8.05. The Labute approximate surface area is 154 Å². The predicted molar refractivity (Wildman–Crippen MR) is 97.4 cm³/mol. The van der Waals surface area contributed by atoms with Crippen molar-refractivity contribution >= 4 is 11.8 Å². The minimum Gasteiger partial charge on any atom is -0.496 e. The predicted octanol–water partition coefficient (Wildman–Crippen LogP) is 0.665. The molecule has 3 rings (SSSR count). The van der Waals surface area contributed by atoms with E-state index >= 15 is 0 Å². The number of methoxy groups -OCH3 is 1. The molecular weight excluding hydrogens is 334 g/mol. The zero-order valence-electron chi connectivity index (χ0n) is 15.7. The van der Waals surface area contributed by atoms with Crippen LogP contribution in [-0.4, -0.2) is 80.2 Å². The number of benzene rings is 1. The minimum absolute atomic E-state index is 0.0251. The van der Waals surface area contributed by atoms with Gasteiger partial charge in [-0.05, 0) is 31.5 Å². The number of hydrogen-bond acceptors (Lipinski definition) is 5. The van der Waals surface area contributed by atoms with Gasteiger partial charge in [0.15, 0.2) is 0 Å². The van der Waals surface area contributed by atoms with Crippen LogP contribution in [0, 0.1) is 6.92 Å². The lowest BCUT2D eigenvalue weighted by molar-refractivity contribution is -0.140. The molecule has 2 amide bonds. The molecule has 0 bridgehead atoms. The molecule has 1 aromatic carbocycles. The molecular formula is C19H27N3O4. The van der Waals surface area contributed by atoms with Crippen LogP contribution in [0.4, 0.5) is 0 Å². The number of nitrogens with one attached hydrogen (secondary N) is 1. The molecule has 142 valence electrons. The Hall–Kier alpha value is -2.12. The van der Waals surface area contributed by atoms with Gasteiger partial charge in [-0.25, -0.2) is 0 Å². The molecule has 2 heterocycles. The van der Waals surface area contributed by atoms with Crippen molar-refractivity contribution in [3.8, 4) is 5.75 Å². The largest absolute Gasteiger partial charge is 0.496 e. The summed E-state index contributed by atoms with van der Waals surface area (Å²) in [6, 6.07) is 5.19. The Morgan fingerprint density at radius 1 is 1.19 bits per heavy atom. The standard InChI is InChI=1S/C19H27N3O4/c1-13-4-5-15(12-16(13)25-3)18(23)21-7-9-22(10-8-21)19(24)17-14(2)26-11-6-20-17/h4-5,12,14,17,20H,6-11H2,1-3H3/t14-,17+/m1/s1. The van der Waals surface area contributed by atoms with Crippen molar-refractivity contribution < 1.29 is 19.1 Å². The Morgan fingerprint density at radius 2 is 1.88 bits per heavy atom. The van der Waals surface area contributed by atoms with Gasteiger partial charge in [-0.15, -0.1) is 0 Å². The Morgan fingerprint density at radius 3 is 2.54 bits per heavy atom. The van der Waals surface area contributed by atoms with Gasteiger partial charge in [0.05, 0.1) is 19.8 Å². The number of amides is 2. The average molecular weight is 361 g/mol. The van der Waals surface area contributed by atoms with Gasteiger partial charge < -0.3 is 24.6 Å². The maximum absolute atomic E-state index is 12.7. The molecule has 26 heavy (non-hydrogen) atoms. The van der Waals surface area contributed by atoms with Crippen molar-refractivity contribution in [2.45, 2.75) is 26.0 Å². The van der Waals surface area contributed by atoms with Crippen LogP contribution in [0.25, 0.3) is 0 Å². The molecule has 0 unspecified atom stereocenters. The highest BCUT2D eigenvalue weighted by Crippen LogP contribution is 2.20. The number of hydrogen-bond donors (Lipinski definition) is 1. The summed E-state index contributed by atoms with van der Waals surface area (Å²) in [5, 5.41) is 3.23. The molecule has 0 radical (unpaired) electrons. The highest BCUT2D eigenvalue weighted by molar-refractivity contribution is 5.95. The third kappa shape index (κ3) is 3.83. The number of carbonyl (C=O) groups is 2. The van der Waals surface area contributed by atoms with Gasteiger partial charge in [0.25, 0.3) is 5.91 Å². The van der Waals surface area contributed by atoms with Crippen molar-refractivity contribution in [1.29, 1.82) is 0 Å². The van der Waals surface area contributed by atoms with Crippen molar-refractivity contribution in [3.05, 3.63) is 29.3 Å². The summed E-state index contributed by atoms with van der Waals surface area (Å²) in [5.74, 6) is 0.742. The van der Waals surface area contributed by atoms with E-state index in [1.165, 1.54) is 0 Å². The molecule has 0 saturated carbocycles. The highest BCUT2D eigenvalue weighted by atomic mass is 16.5. The first kappa shape index (κ1) is 18.7. The number of carbonyl (C=O) groups excluding carboxylic acids is 2. The SMILES string of the molecule is COc1cc(C(=O)N2CCN(C(=O)[C@H]3NCCO[C@@H]3C)CC2)ccc1C. The molecule has 0 aromatic heterocycles. The molecule has 1 N–H and O–H groups in total. The van der Waals surface area contributed by atoms with E-state index in [9.17, 15) is 9.59 Å². The second-order valence-electron chi connectivity index (χ2n) is 6.81. The monoisotopic (exact) mass is 361 g/mol. The third-order valence-electron chi connectivity index (χ3n) is 5.12. The summed E-state index contributed by atoms with van der Waals surface area (Å²) in [5.41, 5.74) is 1.61. The molecule has 2 aliphatic rings. The summed E-state index contributed by atoms with van der Waals surface area (Å²) in [4.78, 5) is 29.1. The fourth-order valence-corrected chi connectivity index (χ4v) is 3.47. The lowest BCUT2D eigenvalue weighted by Gasteiger charge is -2.38. The van der Waals surface area contributed by atoms with Crippen LogP contribution in [0.1, 0.15) is 22.8 Å². The fourth-order valence-electron chi connectivity index (χ4n) is 3.47. The number of ether oxygens (including phenoxy) is 2. The van der Waals surface area contributed by atoms with Crippen LogP contribution >= 0.6 is 0 Å². The first-order valence-corrected chi connectivity index (χ1v) is 9.09. The zero-order valence-corrected chi connectivity index (χ0v) is 15.7. The third-order valence-corrected chi connectivity index (χ3v) is 5.12. The molecule has 0 spiro atoms. The summed E-state index contributed by atoms with van der Waals surface area (Å²) >= 11 is 0. The van der Waals surface area contributed by atoms with Gasteiger partial charge in [-0.1, -0.05) is 6.07 Å². The van der Waals surface area contributed by atoms with Gasteiger partial charge in [-0.2, -0.15) is 0 Å². The minimum atomic E-state index is -0.299. The molecule has 2 saturated heterocycles. The van der Waals surface area contributed by atoms with E-state index in [2.05, 4.69) is 5.32 Å². The molecule has 1 aromatic rings. The molecule has 2 atom stereocenters. The number of piperazine rings is 1. The van der Waals surface area contributed by atoms with Crippen molar-refractivity contribution in [2.24, 2.45) is 0 Å². The van der Waals surface area contributed by atoms with Crippen LogP contribution in [-0.2, 0) is 9.53 Å². The Bertz CT molecular complexity index is 671. The Balaban J connectivity index is 1.59. The maximum Gasteiger partial charge on any atom is 0.254 e. The topological polar surface area (TPSA) is 71.1 Å². The lowest BCUT2D eigenvalue weighted by atomic mass is 10.1. The van der Waals surface area contributed by atoms with E-state index in [-0.39, 0.29) is 24.0 Å². The average Bonchev–Trinajstić information content (AvgIpc) is 2.68. The quantitative estimate of drug-likeness (QED) is 0.857. The lowest BCUT2D eigenvalue weighted by Crippen LogP contribution is -2.60. The van der Waals surface area contributed by atoms with E-state index in [0.717, 1.165) is 5.56 Å². The molecule has 0 aliphatic carbocycles. The molecule has 7 nitrogen and oxygen atoms in total. The van der Waals surface area contributed by atoms with Crippen LogP contribution < -0.4 is 10.1 Å². The molecule has 7 heteroatoms. The van der Waals surface area contributed by atoms with Gasteiger partial charge in [0.1, 0.15) is 11.8 Å². The van der Waals surface area contributed by atoms with Crippen LogP contribution in [0.5, 0.6) is 5.75 Å². The van der Waals surface area contributed by atoms with Crippen molar-refractivity contribution in [1.82, 2.24) is 15.1 Å². The molecule has 2 aliphatic heterocycles. The number of morpholine rings is 1. The Kier molecular flexibility index (Phi) is 5.78. The van der Waals surface area contributed by atoms with E-state index in [4.69, 9.17) is 9.47 Å². The summed E-state index contributed by atoms with van der Waals surface area (Å²) in [6.45, 7) is 7.32. The van der Waals surface area contributed by atoms with Crippen LogP contribution in [0.15, 0.2) is 18.2 Å². The van der Waals surface area contributed by atoms with E-state index in [1.54, 1.807) is 18.1 Å². The first-order chi connectivity index (χ1) is 12.5. The van der Waals surface area contributed by atoms with E-state index in [0.29, 0.717) is 50.6 Å². The smallest absolute Gasteiger partial charge is 0.254 e. The highest BCUT2D eigenvalue weighted by Gasteiger charge is 2.34. The summed E-state index contributed by atoms with van der Waals surface area (Å²) in [6.07, 6.45) is -0.129. The number of aryl methyl sites for hydroxylation is 1. The van der Waals surface area contributed by atoms with Gasteiger partial charge in [0.2, 0.25) is 5.91 Å². The fraction of sp³-hybridized carbons (Fsp3) is 0.579. The zero-order chi connectivity index (χ0) is 18.7. The van der Waals surface area contributed by atoms with Gasteiger partial charge in [-0.3, -0.25) is 9.59 Å². The molecule has 2 fully saturated rings. The number of rotatable bonds is 3. The normalized spacial score (nSPS) is 23.7. The van der Waals surface area contributed by atoms with Crippen molar-refractivity contribution in [2.75, 3.05) is 46.4 Å². The first-order valence-electron chi connectivity index (χ1n) is 9.09. The maximum atomic E-state index is 12.7. The van der Waals surface area contributed by atoms with Crippen LogP contribution in [0.3, 0.4) is 0 Å². The van der Waals surface area contributed by atoms with E-state index in [1.807, 2.05) is 30.9 Å². The summed E-state index contributed by atoms with van der Waals surface area (Å²) < 4.78 is 10.9.